The van der Waals surface area contributed by atoms with Crippen molar-refractivity contribution < 1.29 is 0 Å². The summed E-state index contributed by atoms with van der Waals surface area (Å²) < 4.78 is 2.06. The number of nitrogens with one attached hydrogen (secondary N) is 1. The van der Waals surface area contributed by atoms with Crippen LogP contribution in [0.15, 0.2) is 36.5 Å². The van der Waals surface area contributed by atoms with Crippen LogP contribution in [0.4, 0.5) is 0 Å². The number of nitrogens with zero attached hydrogens (tertiary/aromatic N) is 2. The molecular weight excluding hydrogens is 198 g/mol. The van der Waals surface area contributed by atoms with E-state index in [9.17, 15) is 0 Å². The SMILES string of the molecule is CNC1CCc2c1cnn2-c1ccccc1. The lowest BCUT2D eigenvalue weighted by Gasteiger charge is -2.05. The Morgan fingerprint density at radius 3 is 2.88 bits per heavy atom. The molecule has 3 nitrogen and oxygen atoms in total. The summed E-state index contributed by atoms with van der Waals surface area (Å²) >= 11 is 0. The number of hydrogen-bond donors (Lipinski definition) is 1. The van der Waals surface area contributed by atoms with Gasteiger partial charge in [0.05, 0.1) is 11.9 Å². The zero-order valence-corrected chi connectivity index (χ0v) is 9.35. The highest BCUT2D eigenvalue weighted by Gasteiger charge is 2.25. The van der Waals surface area contributed by atoms with Gasteiger partial charge in [-0.25, -0.2) is 4.68 Å². The van der Waals surface area contributed by atoms with Crippen molar-refractivity contribution in [2.75, 3.05) is 7.05 Å². The molecule has 0 aliphatic heterocycles. The molecule has 1 aromatic heterocycles. The molecular formula is C13H15N3. The van der Waals surface area contributed by atoms with Crippen LogP contribution in [0.3, 0.4) is 0 Å². The van der Waals surface area contributed by atoms with E-state index in [2.05, 4.69) is 27.2 Å². The average Bonchev–Trinajstić information content (AvgIpc) is 2.90. The normalized spacial score (nSPS) is 18.7. The fourth-order valence-corrected chi connectivity index (χ4v) is 2.46. The van der Waals surface area contributed by atoms with Crippen LogP contribution in [0.5, 0.6) is 0 Å². The van der Waals surface area contributed by atoms with E-state index in [0.717, 1.165) is 12.1 Å². The predicted molar refractivity (Wildman–Crippen MR) is 63.7 cm³/mol. The van der Waals surface area contributed by atoms with Crippen LogP contribution in [0.1, 0.15) is 23.7 Å². The van der Waals surface area contributed by atoms with Crippen LogP contribution in [0.25, 0.3) is 5.69 Å². The molecule has 0 saturated heterocycles. The van der Waals surface area contributed by atoms with E-state index >= 15 is 0 Å². The Balaban J connectivity index is 2.06. The minimum Gasteiger partial charge on any atom is -0.313 e. The Bertz CT molecular complexity index is 487. The highest BCUT2D eigenvalue weighted by atomic mass is 15.3. The van der Waals surface area contributed by atoms with Gasteiger partial charge in [0, 0.05) is 17.3 Å². The lowest BCUT2D eigenvalue weighted by Crippen LogP contribution is -2.12. The van der Waals surface area contributed by atoms with Crippen LogP contribution in [0.2, 0.25) is 0 Å². The lowest BCUT2D eigenvalue weighted by atomic mass is 10.2. The third kappa shape index (κ3) is 1.36. The fourth-order valence-electron chi connectivity index (χ4n) is 2.46. The van der Waals surface area contributed by atoms with E-state index in [1.54, 1.807) is 0 Å². The highest BCUT2D eigenvalue weighted by Crippen LogP contribution is 2.31. The molecule has 0 fully saturated rings. The molecule has 1 unspecified atom stereocenters. The molecule has 1 N–H and O–H groups in total. The van der Waals surface area contributed by atoms with Crippen molar-refractivity contribution in [3.8, 4) is 5.69 Å². The molecule has 0 radical (unpaired) electrons. The van der Waals surface area contributed by atoms with Crippen molar-refractivity contribution in [1.82, 2.24) is 15.1 Å². The third-order valence-corrected chi connectivity index (χ3v) is 3.30. The molecule has 0 amide bonds. The summed E-state index contributed by atoms with van der Waals surface area (Å²) in [6, 6.07) is 10.8. The molecule has 1 aliphatic rings. The Morgan fingerprint density at radius 2 is 2.12 bits per heavy atom. The summed E-state index contributed by atoms with van der Waals surface area (Å²) in [5.41, 5.74) is 3.86. The molecule has 1 heterocycles. The van der Waals surface area contributed by atoms with Gasteiger partial charge in [-0.2, -0.15) is 5.10 Å². The number of para-hydroxylation sites is 1. The van der Waals surface area contributed by atoms with Gasteiger partial charge in [0.25, 0.3) is 0 Å². The predicted octanol–water partition coefficient (Wildman–Crippen LogP) is 2.08. The van der Waals surface area contributed by atoms with Gasteiger partial charge in [-0.05, 0) is 32.0 Å². The Morgan fingerprint density at radius 1 is 1.31 bits per heavy atom. The van der Waals surface area contributed by atoms with Crippen LogP contribution < -0.4 is 5.32 Å². The largest absolute Gasteiger partial charge is 0.313 e. The molecule has 82 valence electrons. The maximum absolute atomic E-state index is 4.48. The smallest absolute Gasteiger partial charge is 0.0648 e. The van der Waals surface area contributed by atoms with Gasteiger partial charge < -0.3 is 5.32 Å². The van der Waals surface area contributed by atoms with Crippen LogP contribution >= 0.6 is 0 Å². The molecule has 0 spiro atoms. The van der Waals surface area contributed by atoms with Crippen molar-refractivity contribution >= 4 is 0 Å². The maximum Gasteiger partial charge on any atom is 0.0648 e. The molecule has 3 heteroatoms. The van der Waals surface area contributed by atoms with E-state index in [4.69, 9.17) is 0 Å². The minimum absolute atomic E-state index is 0.479. The highest BCUT2D eigenvalue weighted by molar-refractivity contribution is 5.38. The standard InChI is InChI=1S/C13H15N3/c1-14-12-7-8-13-11(12)9-15-16(13)10-5-3-2-4-6-10/h2-6,9,12,14H,7-8H2,1H3. The number of benzene rings is 1. The van der Waals surface area contributed by atoms with E-state index in [-0.39, 0.29) is 0 Å². The fraction of sp³-hybridized carbons (Fsp3) is 0.308. The Hall–Kier alpha value is -1.61. The molecule has 16 heavy (non-hydrogen) atoms. The topological polar surface area (TPSA) is 29.9 Å². The zero-order valence-electron chi connectivity index (χ0n) is 9.35. The number of aromatic nitrogens is 2. The Kier molecular flexibility index (Phi) is 2.26. The first-order valence-corrected chi connectivity index (χ1v) is 5.69. The minimum atomic E-state index is 0.479. The Labute approximate surface area is 95.1 Å². The summed E-state index contributed by atoms with van der Waals surface area (Å²) in [5.74, 6) is 0. The quantitative estimate of drug-likeness (QED) is 0.827. The number of rotatable bonds is 2. The van der Waals surface area contributed by atoms with E-state index < -0.39 is 0 Å². The second-order valence-electron chi connectivity index (χ2n) is 4.17. The first kappa shape index (κ1) is 9.60. The van der Waals surface area contributed by atoms with Crippen LogP contribution in [-0.2, 0) is 6.42 Å². The molecule has 0 saturated carbocycles. The first-order chi connectivity index (χ1) is 7.90. The van der Waals surface area contributed by atoms with Crippen molar-refractivity contribution in [2.24, 2.45) is 0 Å². The van der Waals surface area contributed by atoms with Gasteiger partial charge in [0.2, 0.25) is 0 Å². The second kappa shape index (κ2) is 3.76. The molecule has 2 aromatic rings. The van der Waals surface area contributed by atoms with Gasteiger partial charge in [-0.15, -0.1) is 0 Å². The summed E-state index contributed by atoms with van der Waals surface area (Å²) in [5, 5.41) is 7.81. The van der Waals surface area contributed by atoms with Crippen LogP contribution in [0, 0.1) is 0 Å². The van der Waals surface area contributed by atoms with Crippen molar-refractivity contribution in [3.05, 3.63) is 47.8 Å². The van der Waals surface area contributed by atoms with Gasteiger partial charge in [0.1, 0.15) is 0 Å². The third-order valence-electron chi connectivity index (χ3n) is 3.30. The molecule has 1 aromatic carbocycles. The number of fused-ring (bicyclic) bond motifs is 1. The average molecular weight is 213 g/mol. The zero-order chi connectivity index (χ0) is 11.0. The monoisotopic (exact) mass is 213 g/mol. The summed E-state index contributed by atoms with van der Waals surface area (Å²) in [6.07, 6.45) is 4.28. The van der Waals surface area contributed by atoms with E-state index in [1.165, 1.54) is 17.7 Å². The lowest BCUT2D eigenvalue weighted by molar-refractivity contribution is 0.585. The first-order valence-electron chi connectivity index (χ1n) is 5.69. The molecule has 1 aliphatic carbocycles. The van der Waals surface area contributed by atoms with E-state index in [1.807, 2.05) is 31.4 Å². The van der Waals surface area contributed by atoms with E-state index in [0.29, 0.717) is 6.04 Å². The van der Waals surface area contributed by atoms with Crippen LogP contribution in [-0.4, -0.2) is 16.8 Å². The summed E-state index contributed by atoms with van der Waals surface area (Å²) in [7, 11) is 2.01. The van der Waals surface area contributed by atoms with Gasteiger partial charge in [-0.1, -0.05) is 18.2 Å². The van der Waals surface area contributed by atoms with Gasteiger partial charge >= 0.3 is 0 Å². The van der Waals surface area contributed by atoms with Gasteiger partial charge in [0.15, 0.2) is 0 Å². The molecule has 1 atom stereocenters. The van der Waals surface area contributed by atoms with Crippen molar-refractivity contribution in [2.45, 2.75) is 18.9 Å². The summed E-state index contributed by atoms with van der Waals surface area (Å²) in [6.45, 7) is 0. The molecule has 3 rings (SSSR count). The van der Waals surface area contributed by atoms with Gasteiger partial charge in [-0.3, -0.25) is 0 Å². The second-order valence-corrected chi connectivity index (χ2v) is 4.17. The summed E-state index contributed by atoms with van der Waals surface area (Å²) in [4.78, 5) is 0. The molecule has 0 bridgehead atoms. The van der Waals surface area contributed by atoms with Crippen molar-refractivity contribution in [3.63, 3.8) is 0 Å². The maximum atomic E-state index is 4.48. The van der Waals surface area contributed by atoms with Crippen molar-refractivity contribution in [1.29, 1.82) is 0 Å². The number of hydrogen-bond acceptors (Lipinski definition) is 2.